The van der Waals surface area contributed by atoms with Crippen LogP contribution in [0.5, 0.6) is 0 Å². The average molecular weight is 329 g/mol. The van der Waals surface area contributed by atoms with Gasteiger partial charge < -0.3 is 4.90 Å². The molecule has 2 nitrogen and oxygen atoms in total. The van der Waals surface area contributed by atoms with E-state index in [9.17, 15) is 4.79 Å². The van der Waals surface area contributed by atoms with Crippen LogP contribution in [-0.2, 0) is 17.6 Å². The van der Waals surface area contributed by atoms with Crippen LogP contribution in [0.4, 0.5) is 5.69 Å². The molecular weight excluding hydrogens is 306 g/mol. The van der Waals surface area contributed by atoms with E-state index in [0.717, 1.165) is 18.5 Å². The molecule has 1 aliphatic heterocycles. The number of anilines is 1. The van der Waals surface area contributed by atoms with Crippen LogP contribution in [0.2, 0.25) is 0 Å². The Morgan fingerprint density at radius 2 is 1.80 bits per heavy atom. The van der Waals surface area contributed by atoms with Gasteiger partial charge in [0, 0.05) is 25.1 Å². The topological polar surface area (TPSA) is 20.3 Å². The molecule has 0 fully saturated rings. The van der Waals surface area contributed by atoms with Crippen LogP contribution in [0.3, 0.4) is 0 Å². The quantitative estimate of drug-likeness (QED) is 0.802. The largest absolute Gasteiger partial charge is 0.315 e. The highest BCUT2D eigenvalue weighted by Crippen LogP contribution is 2.36. The van der Waals surface area contributed by atoms with Gasteiger partial charge in [0.05, 0.1) is 0 Å². The second-order valence-electron chi connectivity index (χ2n) is 6.99. The van der Waals surface area contributed by atoms with Gasteiger partial charge in [-0.05, 0) is 41.5 Å². The van der Waals surface area contributed by atoms with Crippen molar-refractivity contribution >= 4 is 11.6 Å². The summed E-state index contributed by atoms with van der Waals surface area (Å²) in [6, 6.07) is 17.3. The van der Waals surface area contributed by atoms with Crippen LogP contribution in [0, 0.1) is 5.92 Å². The molecule has 2 aromatic carbocycles. The number of fused-ring (bicyclic) bond motifs is 1. The molecule has 4 rings (SSSR count). The summed E-state index contributed by atoms with van der Waals surface area (Å²) in [7, 11) is 1.88. The Morgan fingerprint density at radius 3 is 2.64 bits per heavy atom. The third-order valence-electron chi connectivity index (χ3n) is 5.40. The fourth-order valence-corrected chi connectivity index (χ4v) is 3.98. The number of amides is 1. The van der Waals surface area contributed by atoms with Gasteiger partial charge in [0.2, 0.25) is 5.91 Å². The Balaban J connectivity index is 1.62. The number of hydrogen-bond acceptors (Lipinski definition) is 1. The van der Waals surface area contributed by atoms with Crippen molar-refractivity contribution < 1.29 is 4.79 Å². The second kappa shape index (κ2) is 6.72. The molecule has 0 saturated carbocycles. The van der Waals surface area contributed by atoms with Gasteiger partial charge in [-0.25, -0.2) is 0 Å². The van der Waals surface area contributed by atoms with Crippen molar-refractivity contribution in [1.82, 2.24) is 0 Å². The maximum absolute atomic E-state index is 11.9. The van der Waals surface area contributed by atoms with Crippen LogP contribution in [0.15, 0.2) is 72.8 Å². The first-order chi connectivity index (χ1) is 12.2. The van der Waals surface area contributed by atoms with Crippen LogP contribution in [-0.4, -0.2) is 13.0 Å². The molecule has 1 heterocycles. The highest BCUT2D eigenvalue weighted by Gasteiger charge is 2.25. The predicted molar refractivity (Wildman–Crippen MR) is 103 cm³/mol. The Kier molecular flexibility index (Phi) is 4.27. The molecule has 25 heavy (non-hydrogen) atoms. The Hall–Kier alpha value is -2.61. The molecule has 0 saturated heterocycles. The number of carbonyl (C=O) groups is 1. The standard InChI is InChI=1S/C23H23NO/c1-24-22-13-11-19(16-20(22)12-14-23(24)25)21-10-6-5-9-18(21)15-17-7-3-2-4-8-17/h2-11,13,16,18,21H,12,14-15H2,1H3. The van der Waals surface area contributed by atoms with E-state index in [1.54, 1.807) is 4.90 Å². The molecule has 1 amide bonds. The van der Waals surface area contributed by atoms with Crippen molar-refractivity contribution in [3.8, 4) is 0 Å². The normalized spacial score (nSPS) is 22.1. The van der Waals surface area contributed by atoms with Crippen molar-refractivity contribution in [3.63, 3.8) is 0 Å². The first-order valence-corrected chi connectivity index (χ1v) is 9.00. The molecular formula is C23H23NO. The van der Waals surface area contributed by atoms with E-state index in [1.165, 1.54) is 16.7 Å². The Morgan fingerprint density at radius 1 is 1.00 bits per heavy atom. The molecule has 0 radical (unpaired) electrons. The molecule has 0 spiro atoms. The number of carbonyl (C=O) groups excluding carboxylic acids is 1. The van der Waals surface area contributed by atoms with E-state index in [2.05, 4.69) is 72.8 Å². The lowest BCUT2D eigenvalue weighted by Gasteiger charge is -2.29. The van der Waals surface area contributed by atoms with Gasteiger partial charge in [-0.2, -0.15) is 0 Å². The summed E-state index contributed by atoms with van der Waals surface area (Å²) < 4.78 is 0. The minimum atomic E-state index is 0.211. The molecule has 2 aliphatic rings. The van der Waals surface area contributed by atoms with Gasteiger partial charge in [-0.15, -0.1) is 0 Å². The van der Waals surface area contributed by atoms with Gasteiger partial charge in [0.1, 0.15) is 0 Å². The molecule has 2 unspecified atom stereocenters. The number of hydrogen-bond donors (Lipinski definition) is 0. The fraction of sp³-hybridized carbons (Fsp3) is 0.261. The smallest absolute Gasteiger partial charge is 0.227 e. The first-order valence-electron chi connectivity index (χ1n) is 9.00. The highest BCUT2D eigenvalue weighted by molar-refractivity contribution is 5.95. The third-order valence-corrected chi connectivity index (χ3v) is 5.40. The van der Waals surface area contributed by atoms with Gasteiger partial charge in [0.15, 0.2) is 0 Å². The van der Waals surface area contributed by atoms with Crippen LogP contribution in [0.1, 0.15) is 29.0 Å². The minimum Gasteiger partial charge on any atom is -0.315 e. The van der Waals surface area contributed by atoms with E-state index in [0.29, 0.717) is 18.3 Å². The van der Waals surface area contributed by atoms with Gasteiger partial charge >= 0.3 is 0 Å². The third kappa shape index (κ3) is 3.17. The molecule has 1 aliphatic carbocycles. The number of benzene rings is 2. The monoisotopic (exact) mass is 329 g/mol. The molecule has 2 aromatic rings. The first kappa shape index (κ1) is 15.9. The van der Waals surface area contributed by atoms with E-state index in [4.69, 9.17) is 0 Å². The number of nitrogens with zero attached hydrogens (tertiary/aromatic N) is 1. The highest BCUT2D eigenvalue weighted by atomic mass is 16.2. The summed E-state index contributed by atoms with van der Waals surface area (Å²) in [4.78, 5) is 13.7. The van der Waals surface area contributed by atoms with Crippen molar-refractivity contribution in [2.45, 2.75) is 25.2 Å². The predicted octanol–water partition coefficient (Wildman–Crippen LogP) is 4.66. The fourth-order valence-electron chi connectivity index (χ4n) is 3.98. The Bertz CT molecular complexity index is 834. The zero-order valence-electron chi connectivity index (χ0n) is 14.6. The second-order valence-corrected chi connectivity index (χ2v) is 6.99. The summed E-state index contributed by atoms with van der Waals surface area (Å²) in [5.74, 6) is 1.06. The van der Waals surface area contributed by atoms with Crippen molar-refractivity contribution in [2.24, 2.45) is 5.92 Å². The van der Waals surface area contributed by atoms with Crippen LogP contribution < -0.4 is 4.90 Å². The maximum atomic E-state index is 11.9. The minimum absolute atomic E-state index is 0.211. The van der Waals surface area contributed by atoms with Crippen LogP contribution >= 0.6 is 0 Å². The SMILES string of the molecule is CN1C(=O)CCc2cc(C3C=CC=CC3Cc3ccccc3)ccc21. The van der Waals surface area contributed by atoms with Crippen molar-refractivity contribution in [3.05, 3.63) is 89.5 Å². The Labute approximate surface area is 149 Å². The molecule has 0 N–H and O–H groups in total. The summed E-state index contributed by atoms with van der Waals surface area (Å²) >= 11 is 0. The lowest BCUT2D eigenvalue weighted by molar-refractivity contribution is -0.118. The van der Waals surface area contributed by atoms with E-state index >= 15 is 0 Å². The van der Waals surface area contributed by atoms with Gasteiger partial charge in [-0.1, -0.05) is 66.8 Å². The van der Waals surface area contributed by atoms with Crippen molar-refractivity contribution in [2.75, 3.05) is 11.9 Å². The van der Waals surface area contributed by atoms with Gasteiger partial charge in [-0.3, -0.25) is 4.79 Å². The summed E-state index contributed by atoms with van der Waals surface area (Å²) in [6.45, 7) is 0. The molecule has 126 valence electrons. The summed E-state index contributed by atoms with van der Waals surface area (Å²) in [5, 5.41) is 0. The number of allylic oxidation sites excluding steroid dienone is 4. The van der Waals surface area contributed by atoms with E-state index in [-0.39, 0.29) is 5.91 Å². The van der Waals surface area contributed by atoms with E-state index in [1.807, 2.05) is 7.05 Å². The van der Waals surface area contributed by atoms with Gasteiger partial charge in [0.25, 0.3) is 0 Å². The zero-order valence-corrected chi connectivity index (χ0v) is 14.6. The number of rotatable bonds is 3. The average Bonchev–Trinajstić information content (AvgIpc) is 2.66. The molecule has 2 heteroatoms. The molecule has 2 atom stereocenters. The molecule has 0 aromatic heterocycles. The van der Waals surface area contributed by atoms with Crippen molar-refractivity contribution in [1.29, 1.82) is 0 Å². The maximum Gasteiger partial charge on any atom is 0.227 e. The van der Waals surface area contributed by atoms with E-state index < -0.39 is 0 Å². The lowest BCUT2D eigenvalue weighted by atomic mass is 9.79. The zero-order chi connectivity index (χ0) is 17.2. The summed E-state index contributed by atoms with van der Waals surface area (Å²) in [5.41, 5.74) is 5.08. The molecule has 0 bridgehead atoms. The summed E-state index contributed by atoms with van der Waals surface area (Å²) in [6.07, 6.45) is 11.5. The lowest BCUT2D eigenvalue weighted by Crippen LogP contribution is -2.31. The van der Waals surface area contributed by atoms with Crippen LogP contribution in [0.25, 0.3) is 0 Å². The number of aryl methyl sites for hydroxylation is 1.